The van der Waals surface area contributed by atoms with E-state index in [1.807, 2.05) is 6.07 Å². The van der Waals surface area contributed by atoms with Crippen LogP contribution in [-0.4, -0.2) is 59.2 Å². The SMILES string of the molecule is CCc1nc2c(N3CCCC3)nc(N3CCNCC3)nc2nc1NCc1ccccc1. The summed E-state index contributed by atoms with van der Waals surface area (Å²) < 4.78 is 0. The van der Waals surface area contributed by atoms with Crippen molar-refractivity contribution in [2.45, 2.75) is 32.7 Å². The molecule has 0 radical (unpaired) electrons. The zero-order valence-electron chi connectivity index (χ0n) is 18.1. The highest BCUT2D eigenvalue weighted by Gasteiger charge is 2.23. The molecule has 0 bridgehead atoms. The van der Waals surface area contributed by atoms with Gasteiger partial charge in [0.2, 0.25) is 5.95 Å². The molecule has 0 spiro atoms. The minimum atomic E-state index is 0.679. The lowest BCUT2D eigenvalue weighted by atomic mass is 10.2. The predicted molar refractivity (Wildman–Crippen MR) is 125 cm³/mol. The van der Waals surface area contributed by atoms with E-state index < -0.39 is 0 Å². The second-order valence-corrected chi connectivity index (χ2v) is 8.16. The summed E-state index contributed by atoms with van der Waals surface area (Å²) in [5, 5.41) is 6.89. The summed E-state index contributed by atoms with van der Waals surface area (Å²) in [5.41, 5.74) is 3.68. The third-order valence-electron chi connectivity index (χ3n) is 6.02. The molecule has 0 amide bonds. The van der Waals surface area contributed by atoms with Crippen LogP contribution in [0.5, 0.6) is 0 Å². The average Bonchev–Trinajstić information content (AvgIpc) is 3.37. The smallest absolute Gasteiger partial charge is 0.229 e. The van der Waals surface area contributed by atoms with E-state index in [-0.39, 0.29) is 0 Å². The second-order valence-electron chi connectivity index (χ2n) is 8.16. The molecule has 0 aliphatic carbocycles. The molecule has 8 nitrogen and oxygen atoms in total. The van der Waals surface area contributed by atoms with Crippen LogP contribution in [0.1, 0.15) is 31.0 Å². The van der Waals surface area contributed by atoms with Crippen molar-refractivity contribution in [2.75, 3.05) is 54.4 Å². The molecule has 3 aromatic rings. The highest BCUT2D eigenvalue weighted by Crippen LogP contribution is 2.29. The van der Waals surface area contributed by atoms with Gasteiger partial charge in [-0.05, 0) is 24.8 Å². The number of anilines is 3. The molecule has 2 fully saturated rings. The van der Waals surface area contributed by atoms with E-state index in [1.165, 1.54) is 18.4 Å². The van der Waals surface area contributed by atoms with Crippen LogP contribution in [0.2, 0.25) is 0 Å². The molecule has 2 aromatic heterocycles. The van der Waals surface area contributed by atoms with Gasteiger partial charge in [0.15, 0.2) is 22.8 Å². The number of hydrogen-bond donors (Lipinski definition) is 2. The first-order valence-corrected chi connectivity index (χ1v) is 11.4. The summed E-state index contributed by atoms with van der Waals surface area (Å²) in [6.07, 6.45) is 3.19. The third-order valence-corrected chi connectivity index (χ3v) is 6.02. The Morgan fingerprint density at radius 3 is 2.42 bits per heavy atom. The number of rotatable bonds is 6. The first-order chi connectivity index (χ1) is 15.3. The summed E-state index contributed by atoms with van der Waals surface area (Å²) >= 11 is 0. The number of fused-ring (bicyclic) bond motifs is 1. The van der Waals surface area contributed by atoms with Crippen molar-refractivity contribution in [3.8, 4) is 0 Å². The number of nitrogens with one attached hydrogen (secondary N) is 2. The van der Waals surface area contributed by atoms with Gasteiger partial charge in [0.05, 0.1) is 5.69 Å². The standard InChI is InChI=1S/C23H30N8/c1-2-18-20(25-16-17-8-4-3-5-9-17)27-21-19(26-18)22(30-12-6-7-13-30)29-23(28-21)31-14-10-24-11-15-31/h3-5,8-9,24H,2,6-7,10-16H2,1H3,(H,25,27,28,29). The molecule has 0 unspecified atom stereocenters. The lowest BCUT2D eigenvalue weighted by Gasteiger charge is -2.28. The van der Waals surface area contributed by atoms with E-state index in [9.17, 15) is 0 Å². The lowest BCUT2D eigenvalue weighted by Crippen LogP contribution is -2.44. The van der Waals surface area contributed by atoms with Gasteiger partial charge in [-0.3, -0.25) is 0 Å². The topological polar surface area (TPSA) is 82.1 Å². The van der Waals surface area contributed by atoms with E-state index in [0.29, 0.717) is 12.2 Å². The van der Waals surface area contributed by atoms with Gasteiger partial charge in [0.1, 0.15) is 0 Å². The van der Waals surface area contributed by atoms with Crippen LogP contribution in [0.4, 0.5) is 17.6 Å². The van der Waals surface area contributed by atoms with Gasteiger partial charge in [0, 0.05) is 45.8 Å². The molecule has 5 rings (SSSR count). The van der Waals surface area contributed by atoms with E-state index in [0.717, 1.165) is 74.5 Å². The Balaban J connectivity index is 1.55. The van der Waals surface area contributed by atoms with Gasteiger partial charge in [-0.2, -0.15) is 9.97 Å². The van der Waals surface area contributed by atoms with Crippen LogP contribution in [0.25, 0.3) is 11.2 Å². The Hall–Kier alpha value is -3.00. The van der Waals surface area contributed by atoms with Crippen LogP contribution in [0, 0.1) is 0 Å². The van der Waals surface area contributed by atoms with Gasteiger partial charge in [-0.25, -0.2) is 9.97 Å². The summed E-state index contributed by atoms with van der Waals surface area (Å²) in [5.74, 6) is 2.52. The Labute approximate surface area is 183 Å². The fourth-order valence-electron chi connectivity index (χ4n) is 4.28. The maximum Gasteiger partial charge on any atom is 0.229 e. The molecule has 4 heterocycles. The van der Waals surface area contributed by atoms with Crippen LogP contribution in [-0.2, 0) is 13.0 Å². The van der Waals surface area contributed by atoms with Gasteiger partial charge < -0.3 is 20.4 Å². The Bertz CT molecular complexity index is 1030. The molecule has 2 N–H and O–H groups in total. The minimum Gasteiger partial charge on any atom is -0.364 e. The van der Waals surface area contributed by atoms with Gasteiger partial charge >= 0.3 is 0 Å². The van der Waals surface area contributed by atoms with Crippen LogP contribution in [0.3, 0.4) is 0 Å². The average molecular weight is 419 g/mol. The zero-order chi connectivity index (χ0) is 21.0. The Kier molecular flexibility index (Phi) is 5.80. The maximum atomic E-state index is 5.01. The molecule has 0 atom stereocenters. The molecule has 162 valence electrons. The minimum absolute atomic E-state index is 0.679. The van der Waals surface area contributed by atoms with Crippen molar-refractivity contribution in [2.24, 2.45) is 0 Å². The van der Waals surface area contributed by atoms with Gasteiger partial charge in [-0.1, -0.05) is 37.3 Å². The summed E-state index contributed by atoms with van der Waals surface area (Å²) in [7, 11) is 0. The maximum absolute atomic E-state index is 5.01. The molecular formula is C23H30N8. The highest BCUT2D eigenvalue weighted by atomic mass is 15.3. The fraction of sp³-hybridized carbons (Fsp3) is 0.478. The van der Waals surface area contributed by atoms with Crippen molar-refractivity contribution in [3.05, 3.63) is 41.6 Å². The van der Waals surface area contributed by atoms with E-state index in [4.69, 9.17) is 19.9 Å². The fourth-order valence-corrected chi connectivity index (χ4v) is 4.28. The first-order valence-electron chi connectivity index (χ1n) is 11.4. The number of nitrogens with zero attached hydrogens (tertiary/aromatic N) is 6. The quantitative estimate of drug-likeness (QED) is 0.632. The van der Waals surface area contributed by atoms with Crippen LogP contribution in [0.15, 0.2) is 30.3 Å². The molecule has 2 aliphatic heterocycles. The molecule has 31 heavy (non-hydrogen) atoms. The number of aryl methyl sites for hydroxylation is 1. The number of aromatic nitrogens is 4. The van der Waals surface area contributed by atoms with Crippen LogP contribution >= 0.6 is 0 Å². The van der Waals surface area contributed by atoms with Crippen molar-refractivity contribution in [1.82, 2.24) is 25.3 Å². The number of hydrogen-bond acceptors (Lipinski definition) is 8. The normalized spacial score (nSPS) is 16.8. The van der Waals surface area contributed by atoms with E-state index >= 15 is 0 Å². The molecule has 2 saturated heterocycles. The highest BCUT2D eigenvalue weighted by molar-refractivity contribution is 5.85. The first kappa shape index (κ1) is 19.9. The number of benzene rings is 1. The van der Waals surface area contributed by atoms with E-state index in [2.05, 4.69) is 51.6 Å². The third kappa shape index (κ3) is 4.25. The second kappa shape index (κ2) is 9.01. The molecule has 2 aliphatic rings. The van der Waals surface area contributed by atoms with Crippen molar-refractivity contribution in [3.63, 3.8) is 0 Å². The van der Waals surface area contributed by atoms with Crippen molar-refractivity contribution < 1.29 is 0 Å². The number of piperazine rings is 1. The Morgan fingerprint density at radius 1 is 0.903 bits per heavy atom. The summed E-state index contributed by atoms with van der Waals surface area (Å²) in [4.78, 5) is 24.4. The summed E-state index contributed by atoms with van der Waals surface area (Å²) in [6.45, 7) is 8.58. The Morgan fingerprint density at radius 2 is 1.68 bits per heavy atom. The molecule has 8 heteroatoms. The van der Waals surface area contributed by atoms with Gasteiger partial charge in [0.25, 0.3) is 0 Å². The monoisotopic (exact) mass is 418 g/mol. The lowest BCUT2D eigenvalue weighted by molar-refractivity contribution is 0.580. The molecule has 0 saturated carbocycles. The predicted octanol–water partition coefficient (Wildman–Crippen LogP) is 2.60. The molecule has 1 aromatic carbocycles. The van der Waals surface area contributed by atoms with E-state index in [1.54, 1.807) is 0 Å². The van der Waals surface area contributed by atoms with Crippen molar-refractivity contribution >= 4 is 28.7 Å². The van der Waals surface area contributed by atoms with Crippen LogP contribution < -0.4 is 20.4 Å². The largest absolute Gasteiger partial charge is 0.364 e. The summed E-state index contributed by atoms with van der Waals surface area (Å²) in [6, 6.07) is 10.4. The zero-order valence-corrected chi connectivity index (χ0v) is 18.1. The molecular weight excluding hydrogens is 388 g/mol. The van der Waals surface area contributed by atoms with Gasteiger partial charge in [-0.15, -0.1) is 0 Å². The van der Waals surface area contributed by atoms with Crippen molar-refractivity contribution in [1.29, 1.82) is 0 Å².